The van der Waals surface area contributed by atoms with E-state index in [2.05, 4.69) is 19.7 Å². The van der Waals surface area contributed by atoms with Gasteiger partial charge in [0.05, 0.1) is 0 Å². The summed E-state index contributed by atoms with van der Waals surface area (Å²) in [5, 5.41) is 0. The largest absolute Gasteiger partial charge is 0.102 e. The van der Waals surface area contributed by atoms with Crippen molar-refractivity contribution in [3.05, 3.63) is 37.5 Å². The monoisotopic (exact) mass is 120 g/mol. The third kappa shape index (κ3) is 0.849. The Bertz CT molecular complexity index is 145. The van der Waals surface area contributed by atoms with Crippen molar-refractivity contribution in [2.45, 2.75) is 12.8 Å². The molecule has 0 atom stereocenters. The molecule has 0 saturated heterocycles. The summed E-state index contributed by atoms with van der Waals surface area (Å²) >= 11 is 0. The molecular formula is C9H12. The van der Waals surface area contributed by atoms with Gasteiger partial charge in [-0.3, -0.25) is 0 Å². The molecule has 0 heterocycles. The van der Waals surface area contributed by atoms with Crippen molar-refractivity contribution >= 4 is 0 Å². The van der Waals surface area contributed by atoms with E-state index in [1.54, 1.807) is 0 Å². The van der Waals surface area contributed by atoms with Crippen LogP contribution in [0.2, 0.25) is 0 Å². The second-order valence-electron chi connectivity index (χ2n) is 2.74. The molecule has 9 heavy (non-hydrogen) atoms. The minimum Gasteiger partial charge on any atom is -0.102 e. The number of hydrogen-bond acceptors (Lipinski definition) is 0. The van der Waals surface area contributed by atoms with E-state index in [0.717, 1.165) is 12.8 Å². The van der Waals surface area contributed by atoms with Crippen molar-refractivity contribution in [2.75, 3.05) is 0 Å². The van der Waals surface area contributed by atoms with Crippen LogP contribution in [0, 0.1) is 5.41 Å². The highest BCUT2D eigenvalue weighted by Crippen LogP contribution is 2.45. The van der Waals surface area contributed by atoms with Crippen LogP contribution >= 0.6 is 0 Å². The van der Waals surface area contributed by atoms with Gasteiger partial charge in [-0.15, -0.1) is 13.2 Å². The Morgan fingerprint density at radius 2 is 1.67 bits per heavy atom. The molecule has 0 radical (unpaired) electrons. The molecule has 0 nitrogen and oxygen atoms in total. The summed E-state index contributed by atoms with van der Waals surface area (Å²) < 4.78 is 0. The Morgan fingerprint density at radius 3 is 1.78 bits per heavy atom. The van der Waals surface area contributed by atoms with Crippen LogP contribution in [0.1, 0.15) is 12.8 Å². The van der Waals surface area contributed by atoms with Gasteiger partial charge in [0.25, 0.3) is 0 Å². The summed E-state index contributed by atoms with van der Waals surface area (Å²) in [5.74, 6) is 0. The lowest BCUT2D eigenvalue weighted by Gasteiger charge is -2.38. The molecule has 1 aliphatic rings. The maximum absolute atomic E-state index is 3.86. The standard InChI is InChI=1S/C9H12/c1-4-9(5-2)6-8(3)7-9/h4-5H,1-3,6-7H2. The molecule has 1 aliphatic carbocycles. The average molecular weight is 120 g/mol. The van der Waals surface area contributed by atoms with Gasteiger partial charge in [-0.2, -0.15) is 0 Å². The van der Waals surface area contributed by atoms with E-state index in [1.165, 1.54) is 5.57 Å². The zero-order valence-electron chi connectivity index (χ0n) is 5.69. The molecule has 1 saturated carbocycles. The maximum atomic E-state index is 3.86. The third-order valence-electron chi connectivity index (χ3n) is 1.97. The van der Waals surface area contributed by atoms with Gasteiger partial charge < -0.3 is 0 Å². The molecule has 0 bridgehead atoms. The fourth-order valence-electron chi connectivity index (χ4n) is 1.25. The Labute approximate surface area is 56.6 Å². The molecule has 0 aromatic carbocycles. The van der Waals surface area contributed by atoms with Crippen molar-refractivity contribution in [2.24, 2.45) is 5.41 Å². The molecule has 0 aromatic rings. The van der Waals surface area contributed by atoms with E-state index in [1.807, 2.05) is 12.2 Å². The minimum absolute atomic E-state index is 0.205. The molecule has 0 spiro atoms. The van der Waals surface area contributed by atoms with Gasteiger partial charge in [0.15, 0.2) is 0 Å². The quantitative estimate of drug-likeness (QED) is 0.491. The van der Waals surface area contributed by atoms with Crippen molar-refractivity contribution in [3.8, 4) is 0 Å². The molecular weight excluding hydrogens is 108 g/mol. The van der Waals surface area contributed by atoms with Gasteiger partial charge in [0.1, 0.15) is 0 Å². The van der Waals surface area contributed by atoms with Crippen molar-refractivity contribution in [1.29, 1.82) is 0 Å². The summed E-state index contributed by atoms with van der Waals surface area (Å²) in [5.41, 5.74) is 1.52. The smallest absolute Gasteiger partial charge is 0.0130 e. The Morgan fingerprint density at radius 1 is 1.22 bits per heavy atom. The maximum Gasteiger partial charge on any atom is 0.0130 e. The summed E-state index contributed by atoms with van der Waals surface area (Å²) in [6.45, 7) is 11.4. The summed E-state index contributed by atoms with van der Waals surface area (Å²) in [6.07, 6.45) is 6.04. The predicted octanol–water partition coefficient (Wildman–Crippen LogP) is 2.69. The Balaban J connectivity index is 2.65. The molecule has 0 heteroatoms. The lowest BCUT2D eigenvalue weighted by molar-refractivity contribution is 0.382. The van der Waals surface area contributed by atoms with E-state index in [0.29, 0.717) is 0 Å². The van der Waals surface area contributed by atoms with Crippen LogP contribution in [0.25, 0.3) is 0 Å². The third-order valence-corrected chi connectivity index (χ3v) is 1.97. The number of rotatable bonds is 2. The van der Waals surface area contributed by atoms with Crippen LogP contribution in [0.4, 0.5) is 0 Å². The zero-order chi connectivity index (χ0) is 6.91. The van der Waals surface area contributed by atoms with Gasteiger partial charge in [-0.25, -0.2) is 0 Å². The molecule has 1 rings (SSSR count). The first-order chi connectivity index (χ1) is 4.22. The SMILES string of the molecule is C=CC1(C=C)CC(=C)C1. The fourth-order valence-corrected chi connectivity index (χ4v) is 1.25. The van der Waals surface area contributed by atoms with Crippen molar-refractivity contribution in [1.82, 2.24) is 0 Å². The number of hydrogen-bond donors (Lipinski definition) is 0. The lowest BCUT2D eigenvalue weighted by atomic mass is 9.66. The number of allylic oxidation sites excluding steroid dienone is 3. The van der Waals surface area contributed by atoms with Crippen LogP contribution in [0.3, 0.4) is 0 Å². The van der Waals surface area contributed by atoms with Crippen LogP contribution in [-0.4, -0.2) is 0 Å². The van der Waals surface area contributed by atoms with E-state index < -0.39 is 0 Å². The highest BCUT2D eigenvalue weighted by molar-refractivity contribution is 5.26. The van der Waals surface area contributed by atoms with Gasteiger partial charge in [-0.1, -0.05) is 24.3 Å². The second-order valence-corrected chi connectivity index (χ2v) is 2.74. The van der Waals surface area contributed by atoms with Crippen molar-refractivity contribution in [3.63, 3.8) is 0 Å². The van der Waals surface area contributed by atoms with E-state index in [-0.39, 0.29) is 5.41 Å². The summed E-state index contributed by atoms with van der Waals surface area (Å²) in [7, 11) is 0. The lowest BCUT2D eigenvalue weighted by Crippen LogP contribution is -2.25. The molecule has 0 aliphatic heterocycles. The van der Waals surface area contributed by atoms with Gasteiger partial charge >= 0.3 is 0 Å². The molecule has 0 unspecified atom stereocenters. The summed E-state index contributed by atoms with van der Waals surface area (Å²) in [4.78, 5) is 0. The predicted molar refractivity (Wildman–Crippen MR) is 41.2 cm³/mol. The first kappa shape index (κ1) is 6.34. The average Bonchev–Trinajstić information content (AvgIpc) is 1.81. The van der Waals surface area contributed by atoms with Crippen LogP contribution in [0.5, 0.6) is 0 Å². The summed E-state index contributed by atoms with van der Waals surface area (Å²) in [6, 6.07) is 0. The van der Waals surface area contributed by atoms with Crippen LogP contribution in [0.15, 0.2) is 37.5 Å². The molecule has 0 amide bonds. The fraction of sp³-hybridized carbons (Fsp3) is 0.333. The topological polar surface area (TPSA) is 0 Å². The molecule has 1 fully saturated rings. The van der Waals surface area contributed by atoms with Crippen LogP contribution in [-0.2, 0) is 0 Å². The van der Waals surface area contributed by atoms with E-state index in [9.17, 15) is 0 Å². The van der Waals surface area contributed by atoms with Gasteiger partial charge in [0, 0.05) is 5.41 Å². The van der Waals surface area contributed by atoms with Crippen LogP contribution < -0.4 is 0 Å². The Kier molecular flexibility index (Phi) is 1.32. The van der Waals surface area contributed by atoms with E-state index >= 15 is 0 Å². The highest BCUT2D eigenvalue weighted by Gasteiger charge is 2.33. The first-order valence-corrected chi connectivity index (χ1v) is 3.16. The Hall–Kier alpha value is -0.780. The van der Waals surface area contributed by atoms with Crippen molar-refractivity contribution < 1.29 is 0 Å². The highest BCUT2D eigenvalue weighted by atomic mass is 14.4. The normalized spacial score (nSPS) is 22.4. The molecule has 0 aromatic heterocycles. The first-order valence-electron chi connectivity index (χ1n) is 3.16. The molecule has 48 valence electrons. The van der Waals surface area contributed by atoms with Gasteiger partial charge in [0.2, 0.25) is 0 Å². The van der Waals surface area contributed by atoms with E-state index in [4.69, 9.17) is 0 Å². The second kappa shape index (κ2) is 1.87. The minimum atomic E-state index is 0.205. The molecule has 0 N–H and O–H groups in total. The zero-order valence-corrected chi connectivity index (χ0v) is 5.69. The van der Waals surface area contributed by atoms with Gasteiger partial charge in [-0.05, 0) is 12.8 Å².